The normalized spacial score (nSPS) is 20.1. The number of aldehydes is 1. The highest BCUT2D eigenvalue weighted by molar-refractivity contribution is 14.1. The van der Waals surface area contributed by atoms with Crippen molar-refractivity contribution in [2.45, 2.75) is 63.2 Å². The topological polar surface area (TPSA) is 141 Å². The van der Waals surface area contributed by atoms with Gasteiger partial charge in [0.25, 0.3) is 0 Å². The largest absolute Gasteiger partial charge is 0.493 e. The first-order valence-electron chi connectivity index (χ1n) is 15.4. The number of hydrogen-bond donors (Lipinski definition) is 4. The number of benzene rings is 2. The van der Waals surface area contributed by atoms with E-state index in [1.807, 2.05) is 46.9 Å². The van der Waals surface area contributed by atoms with Gasteiger partial charge in [-0.05, 0) is 77.1 Å². The molecule has 2 aliphatic rings. The molecule has 0 bridgehead atoms. The Morgan fingerprint density at radius 3 is 2.67 bits per heavy atom. The number of fused-ring (bicyclic) bond motifs is 1. The molecular weight excluding hydrogens is 689 g/mol. The molecule has 1 fully saturated rings. The first kappa shape index (κ1) is 33.0. The van der Waals surface area contributed by atoms with E-state index < -0.39 is 24.2 Å². The van der Waals surface area contributed by atoms with Crippen LogP contribution >= 0.6 is 22.6 Å². The van der Waals surface area contributed by atoms with Crippen molar-refractivity contribution in [3.63, 3.8) is 0 Å². The minimum atomic E-state index is -1.17. The zero-order valence-corrected chi connectivity index (χ0v) is 27.5. The number of ether oxygens (including phenoxy) is 2. The fourth-order valence-electron chi connectivity index (χ4n) is 6.40. The van der Waals surface area contributed by atoms with E-state index in [-0.39, 0.29) is 25.5 Å². The van der Waals surface area contributed by atoms with E-state index in [4.69, 9.17) is 9.47 Å². The van der Waals surface area contributed by atoms with Crippen molar-refractivity contribution in [3.8, 4) is 11.5 Å². The van der Waals surface area contributed by atoms with Crippen LogP contribution in [0.2, 0.25) is 0 Å². The van der Waals surface area contributed by atoms with Gasteiger partial charge in [-0.25, -0.2) is 0 Å². The Morgan fingerprint density at radius 2 is 1.96 bits per heavy atom. The van der Waals surface area contributed by atoms with Gasteiger partial charge in [0.05, 0.1) is 23.3 Å². The number of halogens is 1. The van der Waals surface area contributed by atoms with Crippen molar-refractivity contribution >= 4 is 51.6 Å². The Hall–Kier alpha value is -3.42. The SMILES string of the molecule is COc1cc(C=O)cc(I)c1OC1C=C(C(=O)NCCO)CC(N(CCc2cc3ccccc3[nH]2)C(=O)CC2CCCC2)C1O. The summed E-state index contributed by atoms with van der Waals surface area (Å²) < 4.78 is 12.5. The molecule has 2 aliphatic carbocycles. The molecule has 0 saturated heterocycles. The minimum Gasteiger partial charge on any atom is -0.493 e. The summed E-state index contributed by atoms with van der Waals surface area (Å²) in [6.07, 6.45) is 5.39. The molecule has 2 aromatic carbocycles. The molecule has 0 aliphatic heterocycles. The number of amides is 2. The van der Waals surface area contributed by atoms with E-state index >= 15 is 0 Å². The lowest BCUT2D eigenvalue weighted by atomic mass is 9.87. The van der Waals surface area contributed by atoms with Gasteiger partial charge in [-0.2, -0.15) is 0 Å². The van der Waals surface area contributed by atoms with Gasteiger partial charge in [-0.15, -0.1) is 0 Å². The lowest BCUT2D eigenvalue weighted by molar-refractivity contribution is -0.139. The van der Waals surface area contributed by atoms with Crippen molar-refractivity contribution in [2.75, 3.05) is 26.8 Å². The van der Waals surface area contributed by atoms with Gasteiger partial charge >= 0.3 is 0 Å². The van der Waals surface area contributed by atoms with Crippen LogP contribution < -0.4 is 14.8 Å². The second kappa shape index (κ2) is 15.2. The average Bonchev–Trinajstić information content (AvgIpc) is 3.71. The third-order valence-corrected chi connectivity index (χ3v) is 9.52. The molecule has 0 radical (unpaired) electrons. The van der Waals surface area contributed by atoms with E-state index in [0.717, 1.165) is 42.3 Å². The number of aliphatic hydroxyl groups excluding tert-OH is 2. The lowest BCUT2D eigenvalue weighted by Gasteiger charge is -2.41. The standard InChI is InChI=1S/C34H40IN3O7/c1-44-30-15-22(20-40)14-26(35)33(30)45-29-19-24(34(43)36-11-13-39)18-28(32(29)42)38(31(41)16-21-6-2-3-7-21)12-10-25-17-23-8-4-5-9-27(23)37-25/h4-5,8-9,14-15,17,19-21,28-29,32,37,39,42H,2-3,6-7,10-13,16,18H2,1H3,(H,36,43). The van der Waals surface area contributed by atoms with E-state index in [1.165, 1.54) is 7.11 Å². The predicted octanol–water partition coefficient (Wildman–Crippen LogP) is 4.16. The molecule has 45 heavy (non-hydrogen) atoms. The quantitative estimate of drug-likeness (QED) is 0.153. The molecule has 1 saturated carbocycles. The van der Waals surface area contributed by atoms with Crippen molar-refractivity contribution in [2.24, 2.45) is 5.92 Å². The number of carbonyl (C=O) groups excluding carboxylic acids is 3. The van der Waals surface area contributed by atoms with Crippen molar-refractivity contribution < 1.29 is 34.1 Å². The third kappa shape index (κ3) is 7.87. The van der Waals surface area contributed by atoms with Crippen LogP contribution in [0.1, 0.15) is 54.6 Å². The highest BCUT2D eigenvalue weighted by atomic mass is 127. The van der Waals surface area contributed by atoms with Crippen LogP contribution in [0.25, 0.3) is 10.9 Å². The molecule has 3 atom stereocenters. The summed E-state index contributed by atoms with van der Waals surface area (Å²) in [5.41, 5.74) is 2.74. The number of aromatic nitrogens is 1. The third-order valence-electron chi connectivity index (χ3n) is 8.72. The van der Waals surface area contributed by atoms with Crippen LogP contribution in [-0.2, 0) is 16.0 Å². The van der Waals surface area contributed by atoms with Gasteiger partial charge in [-0.1, -0.05) is 31.0 Å². The summed E-state index contributed by atoms with van der Waals surface area (Å²) >= 11 is 2.04. The molecule has 1 heterocycles. The van der Waals surface area contributed by atoms with Crippen LogP contribution in [0, 0.1) is 9.49 Å². The maximum atomic E-state index is 14.0. The highest BCUT2D eigenvalue weighted by Crippen LogP contribution is 2.37. The number of nitrogens with zero attached hydrogens (tertiary/aromatic N) is 1. The van der Waals surface area contributed by atoms with Crippen LogP contribution in [0.15, 0.2) is 54.1 Å². The fourth-order valence-corrected chi connectivity index (χ4v) is 7.15. The molecule has 2 amide bonds. The van der Waals surface area contributed by atoms with Crippen LogP contribution in [-0.4, -0.2) is 83.3 Å². The van der Waals surface area contributed by atoms with Gasteiger partial charge in [0.15, 0.2) is 11.5 Å². The number of carbonyl (C=O) groups is 3. The molecule has 11 heteroatoms. The van der Waals surface area contributed by atoms with Gasteiger partial charge in [0, 0.05) is 54.7 Å². The highest BCUT2D eigenvalue weighted by Gasteiger charge is 2.41. The zero-order chi connectivity index (χ0) is 31.9. The number of methoxy groups -OCH3 is 1. The van der Waals surface area contributed by atoms with Gasteiger partial charge in [0.1, 0.15) is 18.5 Å². The summed E-state index contributed by atoms with van der Waals surface area (Å²) in [6.45, 7) is 0.186. The number of hydrogen-bond acceptors (Lipinski definition) is 7. The first-order chi connectivity index (χ1) is 21.8. The van der Waals surface area contributed by atoms with Gasteiger partial charge in [-0.3, -0.25) is 14.4 Å². The summed E-state index contributed by atoms with van der Waals surface area (Å²) in [6, 6.07) is 12.5. The van der Waals surface area contributed by atoms with E-state index in [1.54, 1.807) is 23.1 Å². The fraction of sp³-hybridized carbons (Fsp3) is 0.441. The van der Waals surface area contributed by atoms with Crippen molar-refractivity contribution in [3.05, 3.63) is 68.9 Å². The second-order valence-corrected chi connectivity index (χ2v) is 12.9. The minimum absolute atomic E-state index is 0.0553. The van der Waals surface area contributed by atoms with E-state index in [2.05, 4.69) is 16.4 Å². The maximum absolute atomic E-state index is 14.0. The molecule has 240 valence electrons. The molecular formula is C34H40IN3O7. The Morgan fingerprint density at radius 1 is 1.18 bits per heavy atom. The lowest BCUT2D eigenvalue weighted by Crippen LogP contribution is -2.55. The predicted molar refractivity (Wildman–Crippen MR) is 178 cm³/mol. The molecule has 10 nitrogen and oxygen atoms in total. The molecule has 1 aromatic heterocycles. The van der Waals surface area contributed by atoms with Crippen LogP contribution in [0.5, 0.6) is 11.5 Å². The number of rotatable bonds is 13. The molecule has 0 spiro atoms. The molecule has 5 rings (SSSR count). The van der Waals surface area contributed by atoms with Gasteiger partial charge < -0.3 is 34.9 Å². The number of para-hydroxylation sites is 1. The van der Waals surface area contributed by atoms with E-state index in [9.17, 15) is 24.6 Å². The number of aromatic amines is 1. The number of H-pyrrole nitrogens is 1. The first-order valence-corrected chi connectivity index (χ1v) is 16.5. The Bertz CT molecular complexity index is 1510. The van der Waals surface area contributed by atoms with Crippen molar-refractivity contribution in [1.29, 1.82) is 0 Å². The van der Waals surface area contributed by atoms with Crippen molar-refractivity contribution in [1.82, 2.24) is 15.2 Å². The molecule has 3 aromatic rings. The second-order valence-electron chi connectivity index (χ2n) is 11.7. The zero-order valence-electron chi connectivity index (χ0n) is 25.3. The summed E-state index contributed by atoms with van der Waals surface area (Å²) in [7, 11) is 1.46. The van der Waals surface area contributed by atoms with E-state index in [0.29, 0.717) is 57.8 Å². The Balaban J connectivity index is 1.47. The maximum Gasteiger partial charge on any atom is 0.247 e. The smallest absolute Gasteiger partial charge is 0.247 e. The number of nitrogens with one attached hydrogen (secondary N) is 2. The Kier molecular flexibility index (Phi) is 11.2. The summed E-state index contributed by atoms with van der Waals surface area (Å²) in [4.78, 5) is 43.9. The monoisotopic (exact) mass is 729 g/mol. The molecule has 3 unspecified atom stereocenters. The van der Waals surface area contributed by atoms with Crippen LogP contribution in [0.4, 0.5) is 0 Å². The Labute approximate surface area is 276 Å². The van der Waals surface area contributed by atoms with Crippen LogP contribution in [0.3, 0.4) is 0 Å². The summed E-state index contributed by atoms with van der Waals surface area (Å²) in [5.74, 6) is 0.477. The summed E-state index contributed by atoms with van der Waals surface area (Å²) in [5, 5.41) is 25.0. The molecule has 4 N–H and O–H groups in total. The number of aliphatic hydroxyl groups is 2. The van der Waals surface area contributed by atoms with Gasteiger partial charge in [0.2, 0.25) is 11.8 Å². The average molecular weight is 730 g/mol.